The topological polar surface area (TPSA) is 66.0 Å². The van der Waals surface area contributed by atoms with Gasteiger partial charge in [0.1, 0.15) is 11.5 Å². The summed E-state index contributed by atoms with van der Waals surface area (Å²) in [5.41, 5.74) is 0.640. The fourth-order valence-corrected chi connectivity index (χ4v) is 1.49. The summed E-state index contributed by atoms with van der Waals surface area (Å²) in [6, 6.07) is 6.03. The van der Waals surface area contributed by atoms with E-state index in [4.69, 9.17) is 5.11 Å². The number of benzene rings is 1. The Hall–Kier alpha value is -2.43. The molecule has 0 atom stereocenters. The molecule has 1 aromatic carbocycles. The quantitative estimate of drug-likeness (QED) is 0.798. The minimum Gasteiger partial charge on any atom is -0.478 e. The maximum Gasteiger partial charge on any atom is 0.335 e. The molecule has 0 unspecified atom stereocenters. The number of aliphatic carboxylic acids is 1. The molecule has 0 bridgehead atoms. The van der Waals surface area contributed by atoms with Crippen LogP contribution in [0.25, 0.3) is 16.8 Å². The van der Waals surface area contributed by atoms with Gasteiger partial charge in [-0.3, -0.25) is 5.10 Å². The summed E-state index contributed by atoms with van der Waals surface area (Å²) >= 11 is 0. The molecular weight excluding hydrogens is 223 g/mol. The average Bonchev–Trinajstić information content (AvgIpc) is 2.77. The van der Waals surface area contributed by atoms with Crippen LogP contribution in [0.1, 0.15) is 5.56 Å². The van der Waals surface area contributed by atoms with Gasteiger partial charge in [-0.2, -0.15) is 5.10 Å². The highest BCUT2D eigenvalue weighted by molar-refractivity contribution is 6.16. The number of carbonyl (C=O) groups is 1. The lowest BCUT2D eigenvalue weighted by Crippen LogP contribution is -1.99. The molecule has 0 radical (unpaired) electrons. The lowest BCUT2D eigenvalue weighted by Gasteiger charge is -2.03. The van der Waals surface area contributed by atoms with Gasteiger partial charge in [-0.1, -0.05) is 18.7 Å². The average molecular weight is 232 g/mol. The third kappa shape index (κ3) is 1.94. The first-order chi connectivity index (χ1) is 8.11. The van der Waals surface area contributed by atoms with Gasteiger partial charge in [0.15, 0.2) is 0 Å². The molecule has 0 aliphatic carbocycles. The molecule has 2 aromatic rings. The van der Waals surface area contributed by atoms with E-state index in [-0.39, 0.29) is 22.4 Å². The summed E-state index contributed by atoms with van der Waals surface area (Å²) in [5.74, 6) is -1.62. The number of hydrogen-bond acceptors (Lipinski definition) is 2. The number of nitrogens with one attached hydrogen (secondary N) is 1. The first-order valence-electron chi connectivity index (χ1n) is 4.82. The SMILES string of the molecule is C=C(C(=O)O)c1c[nH]nc1-c1ccccc1F. The van der Waals surface area contributed by atoms with Crippen molar-refractivity contribution in [3.8, 4) is 11.3 Å². The van der Waals surface area contributed by atoms with E-state index >= 15 is 0 Å². The summed E-state index contributed by atoms with van der Waals surface area (Å²) in [6.07, 6.45) is 1.39. The van der Waals surface area contributed by atoms with Crippen LogP contribution < -0.4 is 0 Å². The van der Waals surface area contributed by atoms with E-state index in [9.17, 15) is 9.18 Å². The molecule has 0 saturated heterocycles. The molecule has 17 heavy (non-hydrogen) atoms. The van der Waals surface area contributed by atoms with Gasteiger partial charge >= 0.3 is 5.97 Å². The van der Waals surface area contributed by atoms with Crippen LogP contribution in [0.5, 0.6) is 0 Å². The molecule has 4 nitrogen and oxygen atoms in total. The Morgan fingerprint density at radius 3 is 2.76 bits per heavy atom. The zero-order valence-electron chi connectivity index (χ0n) is 8.77. The van der Waals surface area contributed by atoms with Crippen molar-refractivity contribution in [2.75, 3.05) is 0 Å². The zero-order valence-corrected chi connectivity index (χ0v) is 8.77. The van der Waals surface area contributed by atoms with Crippen LogP contribution in [0.2, 0.25) is 0 Å². The highest BCUT2D eigenvalue weighted by Crippen LogP contribution is 2.27. The molecule has 2 N–H and O–H groups in total. The second-order valence-electron chi connectivity index (χ2n) is 3.41. The molecule has 86 valence electrons. The van der Waals surface area contributed by atoms with Gasteiger partial charge < -0.3 is 5.11 Å². The van der Waals surface area contributed by atoms with Crippen molar-refractivity contribution in [2.45, 2.75) is 0 Å². The largest absolute Gasteiger partial charge is 0.478 e. The molecule has 0 amide bonds. The normalized spacial score (nSPS) is 10.2. The van der Waals surface area contributed by atoms with Gasteiger partial charge in [-0.25, -0.2) is 9.18 Å². The smallest absolute Gasteiger partial charge is 0.335 e. The predicted octanol–water partition coefficient (Wildman–Crippen LogP) is 2.31. The van der Waals surface area contributed by atoms with E-state index in [2.05, 4.69) is 16.8 Å². The monoisotopic (exact) mass is 232 g/mol. The van der Waals surface area contributed by atoms with Crippen molar-refractivity contribution in [1.29, 1.82) is 0 Å². The number of nitrogens with zero attached hydrogens (tertiary/aromatic N) is 1. The third-order valence-corrected chi connectivity index (χ3v) is 2.35. The van der Waals surface area contributed by atoms with E-state index in [0.717, 1.165) is 0 Å². The Kier molecular flexibility index (Phi) is 2.74. The van der Waals surface area contributed by atoms with Crippen LogP contribution in [0.4, 0.5) is 4.39 Å². The number of rotatable bonds is 3. The second-order valence-corrected chi connectivity index (χ2v) is 3.41. The van der Waals surface area contributed by atoms with E-state index in [0.29, 0.717) is 0 Å². The number of H-pyrrole nitrogens is 1. The third-order valence-electron chi connectivity index (χ3n) is 2.35. The Morgan fingerprint density at radius 1 is 1.41 bits per heavy atom. The lowest BCUT2D eigenvalue weighted by molar-refractivity contribution is -0.130. The fraction of sp³-hybridized carbons (Fsp3) is 0. The van der Waals surface area contributed by atoms with Crippen LogP contribution in [-0.4, -0.2) is 21.3 Å². The molecule has 0 saturated carbocycles. The Bertz CT molecular complexity index is 590. The van der Waals surface area contributed by atoms with E-state index < -0.39 is 11.8 Å². The van der Waals surface area contributed by atoms with Crippen molar-refractivity contribution < 1.29 is 14.3 Å². The van der Waals surface area contributed by atoms with Crippen molar-refractivity contribution in [3.05, 3.63) is 48.4 Å². The lowest BCUT2D eigenvalue weighted by atomic mass is 10.0. The van der Waals surface area contributed by atoms with Crippen molar-refractivity contribution in [2.24, 2.45) is 0 Å². The van der Waals surface area contributed by atoms with Crippen LogP contribution in [0.15, 0.2) is 37.0 Å². The summed E-state index contributed by atoms with van der Waals surface area (Å²) in [7, 11) is 0. The van der Waals surface area contributed by atoms with Crippen LogP contribution in [0, 0.1) is 5.82 Å². The molecule has 0 spiro atoms. The number of hydrogen-bond donors (Lipinski definition) is 2. The molecule has 1 heterocycles. The van der Waals surface area contributed by atoms with E-state index in [1.165, 1.54) is 18.3 Å². The summed E-state index contributed by atoms with van der Waals surface area (Å²) in [5, 5.41) is 15.2. The molecule has 1 aromatic heterocycles. The molecular formula is C12H9FN2O2. The maximum absolute atomic E-state index is 13.6. The number of aromatic nitrogens is 2. The molecule has 0 aliphatic heterocycles. The van der Waals surface area contributed by atoms with Crippen LogP contribution in [0.3, 0.4) is 0 Å². The minimum atomic E-state index is -1.16. The predicted molar refractivity (Wildman–Crippen MR) is 60.7 cm³/mol. The second kappa shape index (κ2) is 4.21. The van der Waals surface area contributed by atoms with E-state index in [1.54, 1.807) is 12.1 Å². The zero-order chi connectivity index (χ0) is 12.4. The highest BCUT2D eigenvalue weighted by Gasteiger charge is 2.17. The first kappa shape index (κ1) is 11.1. The fourth-order valence-electron chi connectivity index (χ4n) is 1.49. The van der Waals surface area contributed by atoms with Gasteiger partial charge in [-0.15, -0.1) is 0 Å². The standard InChI is InChI=1S/C12H9FN2O2/c1-7(12(16)17)9-6-14-15-11(9)8-4-2-3-5-10(8)13/h2-6H,1H2,(H,14,15)(H,16,17). The summed E-state index contributed by atoms with van der Waals surface area (Å²) in [4.78, 5) is 10.8. The van der Waals surface area contributed by atoms with Gasteiger partial charge in [-0.05, 0) is 12.1 Å². The molecule has 0 aliphatic rings. The molecule has 0 fully saturated rings. The van der Waals surface area contributed by atoms with Crippen molar-refractivity contribution in [3.63, 3.8) is 0 Å². The Balaban J connectivity index is 2.55. The minimum absolute atomic E-state index is 0.128. The number of carboxylic acid groups (broad SMARTS) is 1. The summed E-state index contributed by atoms with van der Waals surface area (Å²) in [6.45, 7) is 3.43. The van der Waals surface area contributed by atoms with E-state index in [1.807, 2.05) is 0 Å². The molecule has 5 heteroatoms. The van der Waals surface area contributed by atoms with Gasteiger partial charge in [0, 0.05) is 17.3 Å². The number of aromatic amines is 1. The van der Waals surface area contributed by atoms with Crippen molar-refractivity contribution in [1.82, 2.24) is 10.2 Å². The van der Waals surface area contributed by atoms with Gasteiger partial charge in [0.2, 0.25) is 0 Å². The summed E-state index contributed by atoms with van der Waals surface area (Å²) < 4.78 is 13.6. The van der Waals surface area contributed by atoms with Gasteiger partial charge in [0.25, 0.3) is 0 Å². The number of carboxylic acids is 1. The maximum atomic E-state index is 13.6. The van der Waals surface area contributed by atoms with Crippen LogP contribution in [-0.2, 0) is 4.79 Å². The van der Waals surface area contributed by atoms with Crippen molar-refractivity contribution >= 4 is 11.5 Å². The number of halogens is 1. The Morgan fingerprint density at radius 2 is 2.12 bits per heavy atom. The van der Waals surface area contributed by atoms with Crippen LogP contribution >= 0.6 is 0 Å². The first-order valence-corrected chi connectivity index (χ1v) is 4.82. The highest BCUT2D eigenvalue weighted by atomic mass is 19.1. The van der Waals surface area contributed by atoms with Gasteiger partial charge in [0.05, 0.1) is 5.57 Å². The Labute approximate surface area is 96.4 Å². The molecule has 2 rings (SSSR count).